The molecular formula is C25H26N2O4. The first kappa shape index (κ1) is 19.7. The zero-order valence-electron chi connectivity index (χ0n) is 17.8. The lowest BCUT2D eigenvalue weighted by atomic mass is 10.1. The highest BCUT2D eigenvalue weighted by Crippen LogP contribution is 2.30. The molecule has 5 rings (SSSR count). The predicted octanol–water partition coefficient (Wildman–Crippen LogP) is 5.05. The molecule has 4 aromatic rings. The second-order valence-corrected chi connectivity index (χ2v) is 8.10. The number of nitrogens with one attached hydrogen (secondary N) is 1. The molecular weight excluding hydrogens is 392 g/mol. The second kappa shape index (κ2) is 8.12. The Morgan fingerprint density at radius 2 is 2.10 bits per heavy atom. The van der Waals surface area contributed by atoms with Crippen LogP contribution in [0.5, 0.6) is 5.75 Å². The van der Waals surface area contributed by atoms with Gasteiger partial charge in [0.25, 0.3) is 5.91 Å². The van der Waals surface area contributed by atoms with Crippen molar-refractivity contribution in [1.82, 2.24) is 9.88 Å². The number of para-hydroxylation sites is 1. The van der Waals surface area contributed by atoms with E-state index >= 15 is 0 Å². The van der Waals surface area contributed by atoms with Gasteiger partial charge in [0, 0.05) is 47.7 Å². The zero-order valence-corrected chi connectivity index (χ0v) is 17.8. The number of hydrogen-bond donors (Lipinski definition) is 1. The molecule has 0 aliphatic carbocycles. The molecule has 1 amide bonds. The van der Waals surface area contributed by atoms with Gasteiger partial charge in [-0.25, -0.2) is 0 Å². The summed E-state index contributed by atoms with van der Waals surface area (Å²) >= 11 is 0. The SMILES string of the molecule is COc1ccc2oc(C(=O)N(Cc3c[nH]c4ccccc34)CC3CCCO3)c(C)c2c1. The van der Waals surface area contributed by atoms with Crippen LogP contribution >= 0.6 is 0 Å². The minimum atomic E-state index is -0.117. The Bertz CT molecular complexity index is 1230. The Balaban J connectivity index is 1.50. The fourth-order valence-corrected chi connectivity index (χ4v) is 4.40. The van der Waals surface area contributed by atoms with Gasteiger partial charge >= 0.3 is 0 Å². The van der Waals surface area contributed by atoms with E-state index < -0.39 is 0 Å². The molecule has 0 bridgehead atoms. The number of hydrogen-bond acceptors (Lipinski definition) is 4. The number of carbonyl (C=O) groups is 1. The van der Waals surface area contributed by atoms with Crippen molar-refractivity contribution in [1.29, 1.82) is 0 Å². The van der Waals surface area contributed by atoms with Crippen LogP contribution in [0.4, 0.5) is 0 Å². The quantitative estimate of drug-likeness (QED) is 0.476. The largest absolute Gasteiger partial charge is 0.497 e. The van der Waals surface area contributed by atoms with Gasteiger partial charge in [-0.2, -0.15) is 0 Å². The fraction of sp³-hybridized carbons (Fsp3) is 0.320. The molecule has 1 aliphatic rings. The highest BCUT2D eigenvalue weighted by molar-refractivity contribution is 5.99. The summed E-state index contributed by atoms with van der Waals surface area (Å²) in [5, 5.41) is 2.02. The van der Waals surface area contributed by atoms with Gasteiger partial charge in [-0.1, -0.05) is 18.2 Å². The number of aromatic nitrogens is 1. The van der Waals surface area contributed by atoms with Gasteiger partial charge in [-0.3, -0.25) is 4.79 Å². The molecule has 160 valence electrons. The van der Waals surface area contributed by atoms with E-state index in [1.165, 1.54) is 0 Å². The highest BCUT2D eigenvalue weighted by atomic mass is 16.5. The summed E-state index contributed by atoms with van der Waals surface area (Å²) in [6.07, 6.45) is 4.03. The third kappa shape index (κ3) is 3.68. The molecule has 1 fully saturated rings. The molecule has 0 spiro atoms. The lowest BCUT2D eigenvalue weighted by molar-refractivity contribution is 0.0486. The maximum Gasteiger partial charge on any atom is 0.290 e. The van der Waals surface area contributed by atoms with Gasteiger partial charge < -0.3 is 23.8 Å². The first-order valence-corrected chi connectivity index (χ1v) is 10.7. The number of methoxy groups -OCH3 is 1. The normalized spacial score (nSPS) is 16.3. The van der Waals surface area contributed by atoms with Crippen molar-refractivity contribution in [2.75, 3.05) is 20.3 Å². The lowest BCUT2D eigenvalue weighted by Gasteiger charge is -2.25. The van der Waals surface area contributed by atoms with Crippen molar-refractivity contribution in [2.45, 2.75) is 32.4 Å². The predicted molar refractivity (Wildman–Crippen MR) is 120 cm³/mol. The van der Waals surface area contributed by atoms with Gasteiger partial charge in [0.1, 0.15) is 11.3 Å². The lowest BCUT2D eigenvalue weighted by Crippen LogP contribution is -2.37. The summed E-state index contributed by atoms with van der Waals surface area (Å²) in [5.41, 5.74) is 3.66. The Hall–Kier alpha value is -3.25. The molecule has 1 saturated heterocycles. The summed E-state index contributed by atoms with van der Waals surface area (Å²) in [6, 6.07) is 13.7. The van der Waals surface area contributed by atoms with Gasteiger partial charge in [0.15, 0.2) is 5.76 Å². The summed E-state index contributed by atoms with van der Waals surface area (Å²) in [4.78, 5) is 18.8. The van der Waals surface area contributed by atoms with Crippen molar-refractivity contribution in [2.24, 2.45) is 0 Å². The second-order valence-electron chi connectivity index (χ2n) is 8.10. The van der Waals surface area contributed by atoms with Crippen LogP contribution in [0.25, 0.3) is 21.9 Å². The Morgan fingerprint density at radius 1 is 1.23 bits per heavy atom. The van der Waals surface area contributed by atoms with Gasteiger partial charge in [-0.05, 0) is 49.6 Å². The molecule has 1 aliphatic heterocycles. The zero-order chi connectivity index (χ0) is 21.4. The molecule has 1 N–H and O–H groups in total. The van der Waals surface area contributed by atoms with Crippen LogP contribution in [0, 0.1) is 6.92 Å². The number of aromatic amines is 1. The molecule has 2 aromatic carbocycles. The van der Waals surface area contributed by atoms with Crippen molar-refractivity contribution < 1.29 is 18.7 Å². The van der Waals surface area contributed by atoms with E-state index in [-0.39, 0.29) is 12.0 Å². The van der Waals surface area contributed by atoms with E-state index in [0.717, 1.165) is 52.6 Å². The number of nitrogens with zero attached hydrogens (tertiary/aromatic N) is 1. The molecule has 0 radical (unpaired) electrons. The molecule has 1 atom stereocenters. The first-order chi connectivity index (χ1) is 15.1. The fourth-order valence-electron chi connectivity index (χ4n) is 4.40. The molecule has 6 nitrogen and oxygen atoms in total. The molecule has 6 heteroatoms. The number of furan rings is 1. The highest BCUT2D eigenvalue weighted by Gasteiger charge is 2.28. The van der Waals surface area contributed by atoms with E-state index in [1.54, 1.807) is 7.11 Å². The topological polar surface area (TPSA) is 67.7 Å². The smallest absolute Gasteiger partial charge is 0.290 e. The van der Waals surface area contributed by atoms with Crippen molar-refractivity contribution in [3.05, 3.63) is 65.5 Å². The van der Waals surface area contributed by atoms with Crippen molar-refractivity contribution >= 4 is 27.8 Å². The Kier molecular flexibility index (Phi) is 5.16. The first-order valence-electron chi connectivity index (χ1n) is 10.7. The number of rotatable bonds is 6. The molecule has 3 heterocycles. The number of amides is 1. The van der Waals surface area contributed by atoms with E-state index in [0.29, 0.717) is 24.4 Å². The summed E-state index contributed by atoms with van der Waals surface area (Å²) in [5.74, 6) is 1.000. The maximum atomic E-state index is 13.7. The summed E-state index contributed by atoms with van der Waals surface area (Å²) < 4.78 is 17.2. The van der Waals surface area contributed by atoms with Crippen molar-refractivity contribution in [3.63, 3.8) is 0 Å². The van der Waals surface area contributed by atoms with Gasteiger partial charge in [-0.15, -0.1) is 0 Å². The number of benzene rings is 2. The number of fused-ring (bicyclic) bond motifs is 2. The van der Waals surface area contributed by atoms with E-state index in [4.69, 9.17) is 13.9 Å². The van der Waals surface area contributed by atoms with E-state index in [9.17, 15) is 4.79 Å². The number of ether oxygens (including phenoxy) is 2. The Morgan fingerprint density at radius 3 is 2.90 bits per heavy atom. The maximum absolute atomic E-state index is 13.7. The Labute approximate surface area is 180 Å². The molecule has 31 heavy (non-hydrogen) atoms. The van der Waals surface area contributed by atoms with Crippen molar-refractivity contribution in [3.8, 4) is 5.75 Å². The van der Waals surface area contributed by atoms with Crippen LogP contribution in [-0.4, -0.2) is 42.2 Å². The standard InChI is InChI=1S/C25H26N2O4/c1-16-21-12-18(29-2)9-10-23(21)31-24(16)25(28)27(15-19-6-5-11-30-19)14-17-13-26-22-8-4-3-7-20(17)22/h3-4,7-10,12-13,19,26H,5-6,11,14-15H2,1-2H3. The average Bonchev–Trinajstić information content (AvgIpc) is 3.53. The monoisotopic (exact) mass is 418 g/mol. The average molecular weight is 418 g/mol. The number of carbonyl (C=O) groups excluding carboxylic acids is 1. The molecule has 2 aromatic heterocycles. The van der Waals surface area contributed by atoms with E-state index in [2.05, 4.69) is 11.1 Å². The van der Waals surface area contributed by atoms with E-state index in [1.807, 2.05) is 54.4 Å². The molecule has 0 saturated carbocycles. The third-order valence-electron chi connectivity index (χ3n) is 6.11. The van der Waals surface area contributed by atoms with Gasteiger partial charge in [0.05, 0.1) is 13.2 Å². The van der Waals surface area contributed by atoms with Crippen LogP contribution in [0.15, 0.2) is 53.1 Å². The number of H-pyrrole nitrogens is 1. The minimum Gasteiger partial charge on any atom is -0.497 e. The minimum absolute atomic E-state index is 0.0546. The van der Waals surface area contributed by atoms with Crippen LogP contribution in [0.2, 0.25) is 0 Å². The van der Waals surface area contributed by atoms with Gasteiger partial charge in [0.2, 0.25) is 0 Å². The summed E-state index contributed by atoms with van der Waals surface area (Å²) in [6.45, 7) is 3.71. The van der Waals surface area contributed by atoms with Crippen LogP contribution in [0.3, 0.4) is 0 Å². The van der Waals surface area contributed by atoms with Crippen LogP contribution < -0.4 is 4.74 Å². The summed E-state index contributed by atoms with van der Waals surface area (Å²) in [7, 11) is 1.63. The molecule has 1 unspecified atom stereocenters. The van der Waals surface area contributed by atoms with Crippen LogP contribution in [-0.2, 0) is 11.3 Å². The number of aryl methyl sites for hydroxylation is 1. The van der Waals surface area contributed by atoms with Crippen LogP contribution in [0.1, 0.15) is 34.5 Å². The third-order valence-corrected chi connectivity index (χ3v) is 6.11.